The van der Waals surface area contributed by atoms with Crippen molar-refractivity contribution < 1.29 is 24.9 Å². The molecule has 0 aliphatic rings. The molecule has 0 heterocycles. The number of ether oxygens (including phenoxy) is 1. The Morgan fingerprint density at radius 3 is 2.39 bits per heavy atom. The first kappa shape index (κ1) is 16.4. The summed E-state index contributed by atoms with van der Waals surface area (Å²) in [7, 11) is 1.46. The number of carbonyl (C=O) groups is 1. The van der Waals surface area contributed by atoms with Gasteiger partial charge in [-0.25, -0.2) is 4.79 Å². The van der Waals surface area contributed by atoms with Gasteiger partial charge in [-0.3, -0.25) is 0 Å². The third-order valence-electron chi connectivity index (χ3n) is 3.49. The van der Waals surface area contributed by atoms with Gasteiger partial charge in [-0.05, 0) is 48.2 Å². The van der Waals surface area contributed by atoms with Crippen LogP contribution in [-0.2, 0) is 17.6 Å². The minimum Gasteiger partial charge on any atom is -0.508 e. The van der Waals surface area contributed by atoms with Crippen LogP contribution >= 0.6 is 0 Å². The fraction of sp³-hybridized carbons (Fsp3) is 0.167. The summed E-state index contributed by atoms with van der Waals surface area (Å²) in [6.07, 6.45) is 3.75. The van der Waals surface area contributed by atoms with Gasteiger partial charge in [0, 0.05) is 11.6 Å². The van der Waals surface area contributed by atoms with Crippen LogP contribution in [0.5, 0.6) is 17.2 Å². The predicted molar refractivity (Wildman–Crippen MR) is 86.8 cm³/mol. The number of phenolic OH excluding ortho intramolecular Hbond substituents is 2. The number of aryl methyl sites for hydroxylation is 1. The lowest BCUT2D eigenvalue weighted by molar-refractivity contribution is -0.131. The van der Waals surface area contributed by atoms with Gasteiger partial charge in [0.25, 0.3) is 0 Å². The van der Waals surface area contributed by atoms with E-state index in [0.717, 1.165) is 17.2 Å². The molecule has 2 aromatic carbocycles. The molecule has 120 valence electrons. The van der Waals surface area contributed by atoms with Crippen LogP contribution in [0.4, 0.5) is 0 Å². The van der Waals surface area contributed by atoms with Crippen molar-refractivity contribution in [3.05, 3.63) is 59.2 Å². The molecular weight excluding hydrogens is 296 g/mol. The van der Waals surface area contributed by atoms with E-state index in [2.05, 4.69) is 0 Å². The number of methoxy groups -OCH3 is 1. The van der Waals surface area contributed by atoms with Gasteiger partial charge in [0.15, 0.2) is 11.5 Å². The van der Waals surface area contributed by atoms with E-state index in [1.54, 1.807) is 18.2 Å². The Morgan fingerprint density at radius 1 is 1.09 bits per heavy atom. The highest BCUT2D eigenvalue weighted by molar-refractivity contribution is 5.86. The largest absolute Gasteiger partial charge is 0.508 e. The number of aliphatic carboxylic acids is 1. The van der Waals surface area contributed by atoms with Gasteiger partial charge >= 0.3 is 5.97 Å². The number of hydrogen-bond acceptors (Lipinski definition) is 4. The lowest BCUT2D eigenvalue weighted by atomic mass is 9.97. The fourth-order valence-corrected chi connectivity index (χ4v) is 2.37. The molecule has 2 aromatic rings. The monoisotopic (exact) mass is 314 g/mol. The summed E-state index contributed by atoms with van der Waals surface area (Å²) in [4.78, 5) is 10.7. The zero-order valence-electron chi connectivity index (χ0n) is 12.7. The van der Waals surface area contributed by atoms with Crippen LogP contribution in [0.25, 0.3) is 6.08 Å². The summed E-state index contributed by atoms with van der Waals surface area (Å²) >= 11 is 0. The summed E-state index contributed by atoms with van der Waals surface area (Å²) in [6, 6.07) is 9.99. The molecule has 0 bridgehead atoms. The third-order valence-corrected chi connectivity index (χ3v) is 3.49. The number of carboxylic acid groups (broad SMARTS) is 1. The van der Waals surface area contributed by atoms with E-state index in [0.29, 0.717) is 24.2 Å². The van der Waals surface area contributed by atoms with Crippen LogP contribution in [0.2, 0.25) is 0 Å². The SMILES string of the molecule is COc1c(O)ccc(C=CC(=O)O)c1CCc1ccc(O)cc1. The number of carboxylic acids is 1. The molecule has 0 fully saturated rings. The van der Waals surface area contributed by atoms with Gasteiger partial charge in [-0.1, -0.05) is 18.2 Å². The summed E-state index contributed by atoms with van der Waals surface area (Å²) in [6.45, 7) is 0. The standard InChI is InChI=1S/C18H18O5/c1-23-18-15(9-4-12-2-7-14(19)8-3-12)13(5-10-16(18)20)6-11-17(21)22/h2-3,5-8,10-11,19-20H,4,9H2,1H3,(H,21,22). The van der Waals surface area contributed by atoms with Crippen molar-refractivity contribution in [3.8, 4) is 17.2 Å². The molecule has 2 rings (SSSR count). The fourth-order valence-electron chi connectivity index (χ4n) is 2.37. The molecule has 5 heteroatoms. The molecule has 3 N–H and O–H groups in total. The Balaban J connectivity index is 2.31. The van der Waals surface area contributed by atoms with Crippen LogP contribution in [0, 0.1) is 0 Å². The number of benzene rings is 2. The maximum absolute atomic E-state index is 10.7. The maximum atomic E-state index is 10.7. The normalized spacial score (nSPS) is 10.8. The molecule has 0 radical (unpaired) electrons. The van der Waals surface area contributed by atoms with Crippen LogP contribution in [0.15, 0.2) is 42.5 Å². The summed E-state index contributed by atoms with van der Waals surface area (Å²) in [5.74, 6) is -0.479. The van der Waals surface area contributed by atoms with Crippen molar-refractivity contribution in [3.63, 3.8) is 0 Å². The Morgan fingerprint density at radius 2 is 1.78 bits per heavy atom. The predicted octanol–water partition coefficient (Wildman–Crippen LogP) is 2.99. The molecule has 23 heavy (non-hydrogen) atoms. The third kappa shape index (κ3) is 4.26. The Bertz CT molecular complexity index is 717. The van der Waals surface area contributed by atoms with E-state index in [1.165, 1.54) is 19.3 Å². The van der Waals surface area contributed by atoms with Gasteiger partial charge in [0.2, 0.25) is 0 Å². The highest BCUT2D eigenvalue weighted by atomic mass is 16.5. The van der Waals surface area contributed by atoms with Crippen LogP contribution in [-0.4, -0.2) is 28.4 Å². The lowest BCUT2D eigenvalue weighted by Gasteiger charge is -2.13. The maximum Gasteiger partial charge on any atom is 0.328 e. The van der Waals surface area contributed by atoms with Gasteiger partial charge in [0.05, 0.1) is 7.11 Å². The van der Waals surface area contributed by atoms with Crippen molar-refractivity contribution in [2.75, 3.05) is 7.11 Å². The molecule has 0 saturated heterocycles. The Kier molecular flexibility index (Phi) is 5.25. The van der Waals surface area contributed by atoms with Gasteiger partial charge in [-0.2, -0.15) is 0 Å². The number of phenols is 2. The molecule has 0 amide bonds. The molecule has 5 nitrogen and oxygen atoms in total. The number of rotatable bonds is 6. The summed E-state index contributed by atoms with van der Waals surface area (Å²) in [5, 5.41) is 28.0. The zero-order valence-corrected chi connectivity index (χ0v) is 12.7. The second kappa shape index (κ2) is 7.35. The molecular formula is C18H18O5. The second-order valence-corrected chi connectivity index (χ2v) is 5.02. The highest BCUT2D eigenvalue weighted by Gasteiger charge is 2.13. The molecule has 0 spiro atoms. The molecule has 0 aliphatic carbocycles. The molecule has 0 unspecified atom stereocenters. The van der Waals surface area contributed by atoms with E-state index in [-0.39, 0.29) is 11.5 Å². The molecule has 0 aromatic heterocycles. The highest BCUT2D eigenvalue weighted by Crippen LogP contribution is 2.34. The lowest BCUT2D eigenvalue weighted by Crippen LogP contribution is -1.99. The van der Waals surface area contributed by atoms with Crippen molar-refractivity contribution in [1.29, 1.82) is 0 Å². The summed E-state index contributed by atoms with van der Waals surface area (Å²) in [5.41, 5.74) is 2.43. The van der Waals surface area contributed by atoms with E-state index >= 15 is 0 Å². The molecule has 0 atom stereocenters. The van der Waals surface area contributed by atoms with Crippen molar-refractivity contribution in [2.45, 2.75) is 12.8 Å². The molecule has 0 aliphatic heterocycles. The Hall–Kier alpha value is -2.95. The minimum atomic E-state index is -1.04. The first-order valence-electron chi connectivity index (χ1n) is 7.09. The van der Waals surface area contributed by atoms with Crippen LogP contribution in [0.1, 0.15) is 16.7 Å². The molecule has 0 saturated carbocycles. The van der Waals surface area contributed by atoms with Crippen LogP contribution < -0.4 is 4.74 Å². The van der Waals surface area contributed by atoms with Crippen LogP contribution in [0.3, 0.4) is 0 Å². The topological polar surface area (TPSA) is 87.0 Å². The quantitative estimate of drug-likeness (QED) is 0.714. The van der Waals surface area contributed by atoms with Crippen molar-refractivity contribution in [1.82, 2.24) is 0 Å². The average molecular weight is 314 g/mol. The minimum absolute atomic E-state index is 0.0145. The smallest absolute Gasteiger partial charge is 0.328 e. The van der Waals surface area contributed by atoms with Gasteiger partial charge < -0.3 is 20.1 Å². The zero-order chi connectivity index (χ0) is 16.8. The van der Waals surface area contributed by atoms with E-state index in [9.17, 15) is 15.0 Å². The average Bonchev–Trinajstić information content (AvgIpc) is 2.53. The van der Waals surface area contributed by atoms with E-state index in [1.807, 2.05) is 12.1 Å². The Labute approximate surface area is 134 Å². The second-order valence-electron chi connectivity index (χ2n) is 5.02. The van der Waals surface area contributed by atoms with Gasteiger partial charge in [0.1, 0.15) is 5.75 Å². The number of hydrogen-bond donors (Lipinski definition) is 3. The van der Waals surface area contributed by atoms with Crippen molar-refractivity contribution >= 4 is 12.0 Å². The number of aromatic hydroxyl groups is 2. The van der Waals surface area contributed by atoms with Gasteiger partial charge in [-0.15, -0.1) is 0 Å². The van der Waals surface area contributed by atoms with E-state index < -0.39 is 5.97 Å². The summed E-state index contributed by atoms with van der Waals surface area (Å²) < 4.78 is 5.26. The first-order valence-corrected chi connectivity index (χ1v) is 7.09. The van der Waals surface area contributed by atoms with E-state index in [4.69, 9.17) is 9.84 Å². The van der Waals surface area contributed by atoms with Crippen molar-refractivity contribution in [2.24, 2.45) is 0 Å². The first-order chi connectivity index (χ1) is 11.0.